The first-order chi connectivity index (χ1) is 8.50. The second-order valence-corrected chi connectivity index (χ2v) is 4.57. The zero-order valence-corrected chi connectivity index (χ0v) is 10.2. The van der Waals surface area contributed by atoms with Gasteiger partial charge in [0.05, 0.1) is 0 Å². The van der Waals surface area contributed by atoms with Crippen molar-refractivity contribution >= 4 is 17.6 Å². The number of carbonyl (C=O) groups excluding carboxylic acids is 1. The number of rotatable bonds is 2. The molecule has 96 valence electrons. The molecule has 1 saturated heterocycles. The van der Waals surface area contributed by atoms with Gasteiger partial charge in [0.2, 0.25) is 0 Å². The molecule has 0 bridgehead atoms. The largest absolute Gasteiger partial charge is 0.480 e. The second kappa shape index (κ2) is 4.68. The third kappa shape index (κ3) is 2.16. The van der Waals surface area contributed by atoms with Crippen molar-refractivity contribution in [1.82, 2.24) is 4.90 Å². The number of hydrogen-bond acceptors (Lipinski definition) is 3. The third-order valence-electron chi connectivity index (χ3n) is 3.29. The van der Waals surface area contributed by atoms with Crippen molar-refractivity contribution in [2.45, 2.75) is 25.8 Å². The van der Waals surface area contributed by atoms with Gasteiger partial charge in [0.25, 0.3) is 5.91 Å². The Morgan fingerprint density at radius 1 is 1.44 bits per heavy atom. The van der Waals surface area contributed by atoms with Gasteiger partial charge in [-0.1, -0.05) is 6.07 Å². The van der Waals surface area contributed by atoms with Crippen LogP contribution in [0.1, 0.15) is 28.8 Å². The van der Waals surface area contributed by atoms with Crippen molar-refractivity contribution < 1.29 is 14.7 Å². The standard InChI is InChI=1S/C13H16N2O3/c1-8-4-5-9(14)7-10(8)12(16)15-6-2-3-11(15)13(17)18/h4-5,7,11H,2-3,6,14H2,1H3,(H,17,18). The van der Waals surface area contributed by atoms with Gasteiger partial charge in [-0.25, -0.2) is 4.79 Å². The second-order valence-electron chi connectivity index (χ2n) is 4.57. The number of likely N-dealkylation sites (tertiary alicyclic amines) is 1. The summed E-state index contributed by atoms with van der Waals surface area (Å²) in [5, 5.41) is 9.08. The number of hydrogen-bond donors (Lipinski definition) is 2. The van der Waals surface area contributed by atoms with Crippen LogP contribution < -0.4 is 5.73 Å². The van der Waals surface area contributed by atoms with E-state index in [1.54, 1.807) is 18.2 Å². The summed E-state index contributed by atoms with van der Waals surface area (Å²) in [7, 11) is 0. The van der Waals surface area contributed by atoms with E-state index >= 15 is 0 Å². The minimum Gasteiger partial charge on any atom is -0.480 e. The molecule has 0 aromatic heterocycles. The molecule has 2 rings (SSSR count). The molecule has 18 heavy (non-hydrogen) atoms. The molecule has 1 aromatic rings. The molecule has 0 radical (unpaired) electrons. The number of aliphatic carboxylic acids is 1. The lowest BCUT2D eigenvalue weighted by atomic mass is 10.1. The summed E-state index contributed by atoms with van der Waals surface area (Å²) in [6.45, 7) is 2.31. The van der Waals surface area contributed by atoms with Crippen molar-refractivity contribution in [3.05, 3.63) is 29.3 Å². The summed E-state index contributed by atoms with van der Waals surface area (Å²) in [5.41, 5.74) is 7.48. The Balaban J connectivity index is 2.31. The SMILES string of the molecule is Cc1ccc(N)cc1C(=O)N1CCCC1C(=O)O. The van der Waals surface area contributed by atoms with E-state index in [0.717, 1.165) is 12.0 Å². The molecule has 0 spiro atoms. The minimum atomic E-state index is -0.942. The van der Waals surface area contributed by atoms with Crippen molar-refractivity contribution in [3.63, 3.8) is 0 Å². The average molecular weight is 248 g/mol. The summed E-state index contributed by atoms with van der Waals surface area (Å²) < 4.78 is 0. The smallest absolute Gasteiger partial charge is 0.326 e. The molecule has 3 N–H and O–H groups in total. The predicted molar refractivity (Wildman–Crippen MR) is 67.3 cm³/mol. The molecule has 5 heteroatoms. The molecule has 1 unspecified atom stereocenters. The van der Waals surface area contributed by atoms with Crippen LogP contribution in [0.3, 0.4) is 0 Å². The minimum absolute atomic E-state index is 0.246. The van der Waals surface area contributed by atoms with E-state index < -0.39 is 12.0 Å². The van der Waals surface area contributed by atoms with Crippen LogP contribution in [0.25, 0.3) is 0 Å². The number of carbonyl (C=O) groups is 2. The van der Waals surface area contributed by atoms with Crippen LogP contribution in [-0.2, 0) is 4.79 Å². The highest BCUT2D eigenvalue weighted by atomic mass is 16.4. The number of nitrogen functional groups attached to an aromatic ring is 1. The van der Waals surface area contributed by atoms with E-state index in [1.807, 2.05) is 6.92 Å². The molecular weight excluding hydrogens is 232 g/mol. The average Bonchev–Trinajstić information content (AvgIpc) is 2.80. The zero-order chi connectivity index (χ0) is 13.3. The summed E-state index contributed by atoms with van der Waals surface area (Å²) in [6, 6.07) is 4.40. The maximum atomic E-state index is 12.3. The van der Waals surface area contributed by atoms with Crippen molar-refractivity contribution in [2.24, 2.45) is 0 Å². The normalized spacial score (nSPS) is 18.9. The predicted octanol–water partition coefficient (Wildman–Crippen LogP) is 1.27. The lowest BCUT2D eigenvalue weighted by Gasteiger charge is -2.22. The Morgan fingerprint density at radius 3 is 2.83 bits per heavy atom. The summed E-state index contributed by atoms with van der Waals surface area (Å²) in [6.07, 6.45) is 1.24. The van der Waals surface area contributed by atoms with Gasteiger partial charge in [0.15, 0.2) is 0 Å². The zero-order valence-electron chi connectivity index (χ0n) is 10.2. The third-order valence-corrected chi connectivity index (χ3v) is 3.29. The molecule has 0 saturated carbocycles. The van der Waals surface area contributed by atoms with Crippen molar-refractivity contribution in [1.29, 1.82) is 0 Å². The van der Waals surface area contributed by atoms with Gasteiger partial charge in [-0.3, -0.25) is 4.79 Å². The van der Waals surface area contributed by atoms with E-state index in [2.05, 4.69) is 0 Å². The molecule has 1 aliphatic rings. The van der Waals surface area contributed by atoms with Gasteiger partial charge in [-0.2, -0.15) is 0 Å². The van der Waals surface area contributed by atoms with Crippen LogP contribution in [-0.4, -0.2) is 34.5 Å². The summed E-state index contributed by atoms with van der Waals surface area (Å²) in [4.78, 5) is 24.8. The van der Waals surface area contributed by atoms with Crippen LogP contribution in [0.15, 0.2) is 18.2 Å². The quantitative estimate of drug-likeness (QED) is 0.772. The van der Waals surface area contributed by atoms with Crippen molar-refractivity contribution in [2.75, 3.05) is 12.3 Å². The van der Waals surface area contributed by atoms with Gasteiger partial charge >= 0.3 is 5.97 Å². The first-order valence-electron chi connectivity index (χ1n) is 5.90. The van der Waals surface area contributed by atoms with Crippen molar-refractivity contribution in [3.8, 4) is 0 Å². The topological polar surface area (TPSA) is 83.6 Å². The Hall–Kier alpha value is -2.04. The Labute approximate surface area is 105 Å². The lowest BCUT2D eigenvalue weighted by Crippen LogP contribution is -2.40. The van der Waals surface area contributed by atoms with Crippen LogP contribution in [0, 0.1) is 6.92 Å². The number of anilines is 1. The highest BCUT2D eigenvalue weighted by Gasteiger charge is 2.34. The van der Waals surface area contributed by atoms with Gasteiger partial charge in [0.1, 0.15) is 6.04 Å². The first kappa shape index (κ1) is 12.4. The van der Waals surface area contributed by atoms with E-state index in [9.17, 15) is 9.59 Å². The molecule has 5 nitrogen and oxygen atoms in total. The van der Waals surface area contributed by atoms with Gasteiger partial charge < -0.3 is 15.7 Å². The van der Waals surface area contributed by atoms with E-state index in [-0.39, 0.29) is 5.91 Å². The van der Waals surface area contributed by atoms with Gasteiger partial charge in [0, 0.05) is 17.8 Å². The van der Waals surface area contributed by atoms with Crippen LogP contribution in [0.5, 0.6) is 0 Å². The first-order valence-corrected chi connectivity index (χ1v) is 5.90. The Morgan fingerprint density at radius 2 is 2.17 bits per heavy atom. The van der Waals surface area contributed by atoms with Gasteiger partial charge in [-0.15, -0.1) is 0 Å². The lowest BCUT2D eigenvalue weighted by molar-refractivity contribution is -0.141. The van der Waals surface area contributed by atoms with Crippen LogP contribution in [0.2, 0.25) is 0 Å². The van der Waals surface area contributed by atoms with E-state index in [0.29, 0.717) is 24.2 Å². The van der Waals surface area contributed by atoms with Crippen LogP contribution >= 0.6 is 0 Å². The molecule has 1 aromatic carbocycles. The molecule has 1 heterocycles. The molecule has 1 aliphatic heterocycles. The van der Waals surface area contributed by atoms with E-state index in [4.69, 9.17) is 10.8 Å². The fraction of sp³-hybridized carbons (Fsp3) is 0.385. The number of carboxylic acids is 1. The maximum absolute atomic E-state index is 12.3. The molecule has 0 aliphatic carbocycles. The number of nitrogens with two attached hydrogens (primary N) is 1. The summed E-state index contributed by atoms with van der Waals surface area (Å²) >= 11 is 0. The molecule has 1 atom stereocenters. The highest BCUT2D eigenvalue weighted by Crippen LogP contribution is 2.22. The number of benzene rings is 1. The Kier molecular flexibility index (Phi) is 3.23. The number of nitrogens with zero attached hydrogens (tertiary/aromatic N) is 1. The fourth-order valence-electron chi connectivity index (χ4n) is 2.29. The number of amides is 1. The van der Waals surface area contributed by atoms with Crippen LogP contribution in [0.4, 0.5) is 5.69 Å². The molecular formula is C13H16N2O3. The molecule has 1 amide bonds. The van der Waals surface area contributed by atoms with E-state index in [1.165, 1.54) is 4.90 Å². The fourth-order valence-corrected chi connectivity index (χ4v) is 2.29. The van der Waals surface area contributed by atoms with Gasteiger partial charge in [-0.05, 0) is 37.5 Å². The molecule has 1 fully saturated rings. The number of carboxylic acid groups (broad SMARTS) is 1. The highest BCUT2D eigenvalue weighted by molar-refractivity contribution is 5.98. The number of aryl methyl sites for hydroxylation is 1. The monoisotopic (exact) mass is 248 g/mol. The Bertz CT molecular complexity index is 499. The summed E-state index contributed by atoms with van der Waals surface area (Å²) in [5.74, 6) is -1.19. The maximum Gasteiger partial charge on any atom is 0.326 e.